The normalized spacial score (nSPS) is 19.2. The van der Waals surface area contributed by atoms with Crippen molar-refractivity contribution in [2.45, 2.75) is 72.3 Å². The number of aliphatic imine (C=N–C) groups is 1. The maximum Gasteiger partial charge on any atom is 0.224 e. The van der Waals surface area contributed by atoms with E-state index in [0.717, 1.165) is 84.4 Å². The Bertz CT molecular complexity index is 1150. The van der Waals surface area contributed by atoms with Crippen molar-refractivity contribution in [1.29, 1.82) is 0 Å². The zero-order valence-corrected chi connectivity index (χ0v) is 25.7. The van der Waals surface area contributed by atoms with Gasteiger partial charge in [-0.2, -0.15) is 4.98 Å². The fourth-order valence-electron chi connectivity index (χ4n) is 5.00. The van der Waals surface area contributed by atoms with Gasteiger partial charge in [-0.25, -0.2) is 9.98 Å². The molecular weight excluding hydrogens is 523 g/mol. The van der Waals surface area contributed by atoms with Crippen LogP contribution < -0.4 is 10.6 Å². The fraction of sp³-hybridized carbons (Fsp3) is 0.516. The summed E-state index contributed by atoms with van der Waals surface area (Å²) in [6.45, 7) is 15.8. The van der Waals surface area contributed by atoms with Crippen molar-refractivity contribution in [1.82, 2.24) is 9.97 Å². The van der Waals surface area contributed by atoms with E-state index < -0.39 is 0 Å². The molecular formula is C31H45N5OS2. The van der Waals surface area contributed by atoms with E-state index in [1.807, 2.05) is 11.8 Å². The van der Waals surface area contributed by atoms with Crippen molar-refractivity contribution in [3.63, 3.8) is 0 Å². The molecule has 212 valence electrons. The van der Waals surface area contributed by atoms with Crippen molar-refractivity contribution < 1.29 is 5.11 Å². The molecule has 39 heavy (non-hydrogen) atoms. The van der Waals surface area contributed by atoms with Crippen LogP contribution in [0.5, 0.6) is 0 Å². The first-order chi connectivity index (χ1) is 19.0. The summed E-state index contributed by atoms with van der Waals surface area (Å²) in [6, 6.07) is 8.71. The molecule has 3 N–H and O–H groups in total. The molecule has 1 aromatic heterocycles. The predicted octanol–water partition coefficient (Wildman–Crippen LogP) is 7.77. The summed E-state index contributed by atoms with van der Waals surface area (Å²) < 4.78 is 0. The largest absolute Gasteiger partial charge is 0.396 e. The van der Waals surface area contributed by atoms with Crippen LogP contribution in [0.4, 0.5) is 17.5 Å². The lowest BCUT2D eigenvalue weighted by Gasteiger charge is -2.20. The summed E-state index contributed by atoms with van der Waals surface area (Å²) >= 11 is 3.72. The average Bonchev–Trinajstić information content (AvgIpc) is 3.30. The van der Waals surface area contributed by atoms with Gasteiger partial charge in [0.1, 0.15) is 10.9 Å². The van der Waals surface area contributed by atoms with E-state index >= 15 is 0 Å². The third-order valence-corrected chi connectivity index (χ3v) is 9.39. The first-order valence-electron chi connectivity index (χ1n) is 14.1. The molecule has 1 aromatic carbocycles. The minimum Gasteiger partial charge on any atom is -0.396 e. The number of fused-ring (bicyclic) bond motifs is 1. The maximum atomic E-state index is 9.67. The predicted molar refractivity (Wildman–Crippen MR) is 173 cm³/mol. The van der Waals surface area contributed by atoms with Crippen molar-refractivity contribution in [3.8, 4) is 0 Å². The van der Waals surface area contributed by atoms with Crippen LogP contribution in [0.15, 0.2) is 52.9 Å². The van der Waals surface area contributed by atoms with Crippen LogP contribution in [0.3, 0.4) is 0 Å². The van der Waals surface area contributed by atoms with Gasteiger partial charge in [-0.05, 0) is 80.6 Å². The van der Waals surface area contributed by atoms with E-state index in [2.05, 4.69) is 75.8 Å². The topological polar surface area (TPSA) is 82.4 Å². The molecule has 0 spiro atoms. The number of aliphatic hydroxyl groups excluding tert-OH is 1. The number of aliphatic hydroxyl groups is 1. The van der Waals surface area contributed by atoms with Crippen molar-refractivity contribution in [2.75, 3.05) is 35.3 Å². The van der Waals surface area contributed by atoms with E-state index in [-0.39, 0.29) is 6.61 Å². The van der Waals surface area contributed by atoms with Crippen molar-refractivity contribution >= 4 is 46.0 Å². The SMILES string of the molecule is C=C.CCS/C(CCNc1nc(C)c(C2=Nc3ccccc3CCS2)c(NC2CC[C@@H](CO)C2)n1)=C(/C)CC. The third kappa shape index (κ3) is 8.60. The lowest BCUT2D eigenvalue weighted by molar-refractivity contribution is 0.229. The number of thioether (sulfide) groups is 2. The molecule has 2 aliphatic rings. The number of anilines is 2. The molecule has 1 aliphatic heterocycles. The molecule has 1 saturated carbocycles. The van der Waals surface area contributed by atoms with Crippen LogP contribution in [0.1, 0.15) is 69.7 Å². The van der Waals surface area contributed by atoms with Gasteiger partial charge in [0.15, 0.2) is 0 Å². The van der Waals surface area contributed by atoms with Gasteiger partial charge in [0.2, 0.25) is 5.95 Å². The summed E-state index contributed by atoms with van der Waals surface area (Å²) in [5, 5.41) is 17.9. The van der Waals surface area contributed by atoms with E-state index in [0.29, 0.717) is 17.9 Å². The van der Waals surface area contributed by atoms with Crippen LogP contribution in [0, 0.1) is 12.8 Å². The molecule has 0 saturated heterocycles. The fourth-order valence-corrected chi connectivity index (χ4v) is 7.06. The van der Waals surface area contributed by atoms with E-state index in [1.165, 1.54) is 16.0 Å². The maximum absolute atomic E-state index is 9.67. The van der Waals surface area contributed by atoms with Gasteiger partial charge in [-0.15, -0.1) is 36.7 Å². The molecule has 0 bridgehead atoms. The number of nitrogens with one attached hydrogen (secondary N) is 2. The number of hydrogen-bond acceptors (Lipinski definition) is 8. The molecule has 1 aliphatic carbocycles. The minimum absolute atomic E-state index is 0.253. The lowest BCUT2D eigenvalue weighted by Crippen LogP contribution is -2.21. The number of nitrogens with zero attached hydrogens (tertiary/aromatic N) is 3. The summed E-state index contributed by atoms with van der Waals surface area (Å²) in [7, 11) is 0. The minimum atomic E-state index is 0.253. The van der Waals surface area contributed by atoms with Crippen LogP contribution in [-0.4, -0.2) is 50.8 Å². The third-order valence-electron chi connectivity index (χ3n) is 7.23. The second kappa shape index (κ2) is 16.1. The number of hydrogen-bond donors (Lipinski definition) is 3. The number of rotatable bonds is 11. The van der Waals surface area contributed by atoms with Gasteiger partial charge in [-0.1, -0.05) is 37.6 Å². The monoisotopic (exact) mass is 567 g/mol. The Morgan fingerprint density at radius 1 is 1.18 bits per heavy atom. The summed E-state index contributed by atoms with van der Waals surface area (Å²) in [6.07, 6.45) is 6.11. The van der Waals surface area contributed by atoms with Crippen LogP contribution >= 0.6 is 23.5 Å². The summed E-state index contributed by atoms with van der Waals surface area (Å²) in [5.41, 5.74) is 5.73. The standard InChI is InChI=1S/C29H41N5OS2.C2H4/c1-5-19(3)25(36-6-2)13-15-30-29-31-20(4)26(27(34-29)32-23-12-11-21(17-23)18-35)28-33-24-10-8-7-9-22(24)14-16-37-28;1-2/h7-10,21,23,35H,5-6,11-18H2,1-4H3,(H2,30,31,32,34);1-2H2/b25-19-;/t21-,23?;/m1./s1. The second-order valence-corrected chi connectivity index (χ2v) is 12.3. The highest BCUT2D eigenvalue weighted by atomic mass is 32.2. The summed E-state index contributed by atoms with van der Waals surface area (Å²) in [4.78, 5) is 16.5. The first-order valence-corrected chi connectivity index (χ1v) is 16.1. The van der Waals surface area contributed by atoms with Crippen LogP contribution in [0.25, 0.3) is 0 Å². The highest BCUT2D eigenvalue weighted by molar-refractivity contribution is 8.14. The van der Waals surface area contributed by atoms with Gasteiger partial charge in [0.25, 0.3) is 0 Å². The van der Waals surface area contributed by atoms with Gasteiger partial charge >= 0.3 is 0 Å². The van der Waals surface area contributed by atoms with Gasteiger partial charge in [-0.3, -0.25) is 0 Å². The van der Waals surface area contributed by atoms with E-state index in [1.54, 1.807) is 11.8 Å². The zero-order chi connectivity index (χ0) is 28.2. The number of para-hydroxylation sites is 1. The van der Waals surface area contributed by atoms with Gasteiger partial charge in [0.05, 0.1) is 16.9 Å². The van der Waals surface area contributed by atoms with Gasteiger partial charge < -0.3 is 15.7 Å². The molecule has 6 nitrogen and oxygen atoms in total. The molecule has 0 amide bonds. The Balaban J connectivity index is 0.00000205. The number of aryl methyl sites for hydroxylation is 2. The van der Waals surface area contributed by atoms with Crippen LogP contribution in [0.2, 0.25) is 0 Å². The number of benzene rings is 1. The molecule has 2 aromatic rings. The Labute approximate surface area is 243 Å². The number of aromatic nitrogens is 2. The summed E-state index contributed by atoms with van der Waals surface area (Å²) in [5.74, 6) is 3.94. The van der Waals surface area contributed by atoms with Crippen LogP contribution in [-0.2, 0) is 6.42 Å². The molecule has 8 heteroatoms. The molecule has 2 atom stereocenters. The highest BCUT2D eigenvalue weighted by Crippen LogP contribution is 2.34. The second-order valence-electron chi connectivity index (χ2n) is 9.87. The smallest absolute Gasteiger partial charge is 0.224 e. The average molecular weight is 568 g/mol. The quantitative estimate of drug-likeness (QED) is 0.239. The molecule has 1 fully saturated rings. The highest BCUT2D eigenvalue weighted by Gasteiger charge is 2.27. The Morgan fingerprint density at radius 3 is 2.69 bits per heavy atom. The van der Waals surface area contributed by atoms with Crippen molar-refractivity contribution in [2.24, 2.45) is 10.9 Å². The Morgan fingerprint density at radius 2 is 1.97 bits per heavy atom. The lowest BCUT2D eigenvalue weighted by atomic mass is 10.1. The van der Waals surface area contributed by atoms with Gasteiger partial charge in [0, 0.05) is 24.9 Å². The molecule has 4 rings (SSSR count). The molecule has 2 heterocycles. The van der Waals surface area contributed by atoms with Crippen molar-refractivity contribution in [3.05, 3.63) is 64.7 Å². The molecule has 0 radical (unpaired) electrons. The van der Waals surface area contributed by atoms with E-state index in [4.69, 9.17) is 15.0 Å². The van der Waals surface area contributed by atoms with E-state index in [9.17, 15) is 5.11 Å². The first kappa shape index (κ1) is 31.2. The Kier molecular flexibility index (Phi) is 12.9. The Hall–Kier alpha value is -2.29. The zero-order valence-electron chi connectivity index (χ0n) is 24.1. The molecule has 1 unspecified atom stereocenters. The number of allylic oxidation sites excluding steroid dienone is 1.